The number of anilines is 1. The maximum Gasteiger partial charge on any atom is 0.433 e. The van der Waals surface area contributed by atoms with Crippen LogP contribution in [0.3, 0.4) is 0 Å². The van der Waals surface area contributed by atoms with E-state index in [0.29, 0.717) is 13.0 Å². The number of nitrogens with zero attached hydrogens (tertiary/aromatic N) is 4. The Morgan fingerprint density at radius 1 is 1.14 bits per heavy atom. The third-order valence-corrected chi connectivity index (χ3v) is 4.89. The maximum absolute atomic E-state index is 13.2. The first-order valence-corrected chi connectivity index (χ1v) is 8.82. The van der Waals surface area contributed by atoms with Gasteiger partial charge in [0, 0.05) is 13.1 Å². The predicted octanol–water partition coefficient (Wildman–Crippen LogP) is 3.02. The zero-order valence-corrected chi connectivity index (χ0v) is 15.1. The molecule has 3 heterocycles. The minimum absolute atomic E-state index is 0.177. The van der Waals surface area contributed by atoms with Crippen LogP contribution in [-0.2, 0) is 6.18 Å². The average Bonchev–Trinajstić information content (AvgIpc) is 3.07. The molecule has 0 spiro atoms. The molecule has 146 valence electrons. The van der Waals surface area contributed by atoms with Gasteiger partial charge in [-0.3, -0.25) is 0 Å². The molecule has 6 nitrogen and oxygen atoms in total. The number of alkyl halides is 3. The van der Waals surface area contributed by atoms with Crippen molar-refractivity contribution in [3.63, 3.8) is 0 Å². The number of aliphatic hydroxyl groups is 1. The van der Waals surface area contributed by atoms with Crippen molar-refractivity contribution < 1.29 is 18.3 Å². The summed E-state index contributed by atoms with van der Waals surface area (Å²) < 4.78 is 40.7. The van der Waals surface area contributed by atoms with E-state index in [4.69, 9.17) is 11.6 Å². The predicted molar refractivity (Wildman–Crippen MR) is 98.0 cm³/mol. The molecule has 1 aromatic carbocycles. The SMILES string of the molecule is O=c1nc(N2CC[C@H](O)C2)c2ccc(C(F)(F)F)nc2n1-c1ccccc1Cl. The Labute approximate surface area is 161 Å². The molecule has 1 saturated heterocycles. The number of fused-ring (bicyclic) bond motifs is 1. The van der Waals surface area contributed by atoms with Crippen LogP contribution in [0.5, 0.6) is 0 Å². The minimum atomic E-state index is -4.68. The van der Waals surface area contributed by atoms with Crippen LogP contribution in [0, 0.1) is 0 Å². The van der Waals surface area contributed by atoms with E-state index in [9.17, 15) is 23.1 Å². The van der Waals surface area contributed by atoms with E-state index in [0.717, 1.165) is 10.6 Å². The molecule has 0 amide bonds. The van der Waals surface area contributed by atoms with Crippen molar-refractivity contribution >= 4 is 28.5 Å². The van der Waals surface area contributed by atoms with Crippen LogP contribution in [0.15, 0.2) is 41.2 Å². The summed E-state index contributed by atoms with van der Waals surface area (Å²) >= 11 is 6.17. The fraction of sp³-hybridized carbons (Fsp3) is 0.278. The number of aromatic nitrogens is 3. The lowest BCUT2D eigenvalue weighted by atomic mass is 10.2. The molecule has 1 atom stereocenters. The van der Waals surface area contributed by atoms with Gasteiger partial charge in [0.05, 0.1) is 22.2 Å². The van der Waals surface area contributed by atoms with E-state index >= 15 is 0 Å². The van der Waals surface area contributed by atoms with Crippen molar-refractivity contribution in [2.75, 3.05) is 18.0 Å². The van der Waals surface area contributed by atoms with Crippen molar-refractivity contribution in [2.45, 2.75) is 18.7 Å². The van der Waals surface area contributed by atoms with Gasteiger partial charge in [0.1, 0.15) is 11.5 Å². The van der Waals surface area contributed by atoms with E-state index in [2.05, 4.69) is 9.97 Å². The second kappa shape index (κ2) is 6.75. The summed E-state index contributed by atoms with van der Waals surface area (Å²) in [6.07, 6.45) is -4.79. The van der Waals surface area contributed by atoms with Crippen LogP contribution in [0.4, 0.5) is 19.0 Å². The molecule has 0 unspecified atom stereocenters. The number of rotatable bonds is 2. The second-order valence-electron chi connectivity index (χ2n) is 6.46. The number of hydrogen-bond donors (Lipinski definition) is 1. The van der Waals surface area contributed by atoms with E-state index in [-0.39, 0.29) is 34.1 Å². The van der Waals surface area contributed by atoms with Crippen LogP contribution >= 0.6 is 11.6 Å². The third kappa shape index (κ3) is 3.20. The normalized spacial score (nSPS) is 17.5. The molecule has 0 bridgehead atoms. The molecule has 0 saturated carbocycles. The molecule has 10 heteroatoms. The largest absolute Gasteiger partial charge is 0.433 e. The smallest absolute Gasteiger partial charge is 0.391 e. The van der Waals surface area contributed by atoms with Gasteiger partial charge in [-0.15, -0.1) is 0 Å². The second-order valence-corrected chi connectivity index (χ2v) is 6.87. The van der Waals surface area contributed by atoms with Crippen molar-refractivity contribution in [1.82, 2.24) is 14.5 Å². The summed E-state index contributed by atoms with van der Waals surface area (Å²) in [6, 6.07) is 8.37. The van der Waals surface area contributed by atoms with Crippen LogP contribution < -0.4 is 10.6 Å². The van der Waals surface area contributed by atoms with Gasteiger partial charge in [0.25, 0.3) is 0 Å². The number of hydrogen-bond acceptors (Lipinski definition) is 5. The summed E-state index contributed by atoms with van der Waals surface area (Å²) in [6.45, 7) is 0.665. The fourth-order valence-electron chi connectivity index (χ4n) is 3.27. The number of benzene rings is 1. The molecule has 1 N–H and O–H groups in total. The molecule has 0 aliphatic carbocycles. The first-order valence-electron chi connectivity index (χ1n) is 8.44. The molecule has 4 rings (SSSR count). The van der Waals surface area contributed by atoms with Crippen molar-refractivity contribution in [3.8, 4) is 5.69 Å². The van der Waals surface area contributed by atoms with Crippen LogP contribution in [0.2, 0.25) is 5.02 Å². The standard InChI is InChI=1S/C18H14ClF3N4O2/c19-12-3-1-2-4-13(12)26-16-11(5-6-14(23-16)18(20,21)22)15(24-17(26)28)25-8-7-10(27)9-25/h1-6,10,27H,7-9H2/t10-/m0/s1. The lowest BCUT2D eigenvalue weighted by Crippen LogP contribution is -2.30. The number of β-amino-alcohol motifs (C(OH)–C–C–N with tert-alkyl or cyclic N) is 1. The molecular weight excluding hydrogens is 397 g/mol. The van der Waals surface area contributed by atoms with Crippen LogP contribution in [0.25, 0.3) is 16.7 Å². The Bertz CT molecular complexity index is 1120. The van der Waals surface area contributed by atoms with Gasteiger partial charge in [0.2, 0.25) is 0 Å². The molecular formula is C18H14ClF3N4O2. The minimum Gasteiger partial charge on any atom is -0.391 e. The number of para-hydroxylation sites is 1. The highest BCUT2D eigenvalue weighted by atomic mass is 35.5. The van der Waals surface area contributed by atoms with Crippen molar-refractivity contribution in [2.24, 2.45) is 0 Å². The lowest BCUT2D eigenvalue weighted by Gasteiger charge is -2.20. The first-order chi connectivity index (χ1) is 13.3. The highest BCUT2D eigenvalue weighted by molar-refractivity contribution is 6.32. The van der Waals surface area contributed by atoms with E-state index in [1.165, 1.54) is 18.2 Å². The third-order valence-electron chi connectivity index (χ3n) is 4.57. The number of aliphatic hydroxyl groups excluding tert-OH is 1. The first kappa shape index (κ1) is 18.7. The lowest BCUT2D eigenvalue weighted by molar-refractivity contribution is -0.141. The van der Waals surface area contributed by atoms with Gasteiger partial charge < -0.3 is 10.0 Å². The Hall–Kier alpha value is -2.65. The van der Waals surface area contributed by atoms with Gasteiger partial charge in [-0.25, -0.2) is 14.3 Å². The van der Waals surface area contributed by atoms with Crippen molar-refractivity contribution in [1.29, 1.82) is 0 Å². The summed E-state index contributed by atoms with van der Waals surface area (Å²) in [5.41, 5.74) is -1.94. The molecule has 3 aromatic rings. The summed E-state index contributed by atoms with van der Waals surface area (Å²) in [4.78, 5) is 22.3. The molecule has 1 fully saturated rings. The molecule has 0 radical (unpaired) electrons. The van der Waals surface area contributed by atoms with E-state index in [1.807, 2.05) is 0 Å². The molecule has 2 aromatic heterocycles. The van der Waals surface area contributed by atoms with Gasteiger partial charge in [0.15, 0.2) is 5.65 Å². The summed E-state index contributed by atoms with van der Waals surface area (Å²) in [5.74, 6) is 0.195. The summed E-state index contributed by atoms with van der Waals surface area (Å²) in [7, 11) is 0. The van der Waals surface area contributed by atoms with E-state index < -0.39 is 23.7 Å². The van der Waals surface area contributed by atoms with E-state index in [1.54, 1.807) is 17.0 Å². The monoisotopic (exact) mass is 410 g/mol. The fourth-order valence-corrected chi connectivity index (χ4v) is 3.49. The Balaban J connectivity index is 2.05. The zero-order chi connectivity index (χ0) is 20.1. The molecule has 1 aliphatic heterocycles. The zero-order valence-electron chi connectivity index (χ0n) is 14.3. The topological polar surface area (TPSA) is 71.2 Å². The summed E-state index contributed by atoms with van der Waals surface area (Å²) in [5, 5.41) is 10.2. The van der Waals surface area contributed by atoms with Gasteiger partial charge in [-0.1, -0.05) is 23.7 Å². The highest BCUT2D eigenvalue weighted by Crippen LogP contribution is 2.33. The Morgan fingerprint density at radius 2 is 1.89 bits per heavy atom. The Morgan fingerprint density at radius 3 is 2.54 bits per heavy atom. The Kier molecular flexibility index (Phi) is 4.51. The van der Waals surface area contributed by atoms with Crippen molar-refractivity contribution in [3.05, 3.63) is 57.6 Å². The van der Waals surface area contributed by atoms with Gasteiger partial charge in [-0.2, -0.15) is 18.2 Å². The molecule has 1 aliphatic rings. The number of pyridine rings is 1. The quantitative estimate of drug-likeness (QED) is 0.703. The van der Waals surface area contributed by atoms with Crippen LogP contribution in [0.1, 0.15) is 12.1 Å². The maximum atomic E-state index is 13.2. The van der Waals surface area contributed by atoms with Gasteiger partial charge >= 0.3 is 11.9 Å². The number of halogens is 4. The van der Waals surface area contributed by atoms with Gasteiger partial charge in [-0.05, 0) is 30.7 Å². The highest BCUT2D eigenvalue weighted by Gasteiger charge is 2.34. The average molecular weight is 411 g/mol. The molecule has 28 heavy (non-hydrogen) atoms. The van der Waals surface area contributed by atoms with Crippen LogP contribution in [-0.4, -0.2) is 38.8 Å².